The summed E-state index contributed by atoms with van der Waals surface area (Å²) in [5.74, 6) is 0. The van der Waals surface area contributed by atoms with Crippen LogP contribution in [0.1, 0.15) is 19.5 Å². The third-order valence-corrected chi connectivity index (χ3v) is 2.85. The highest BCUT2D eigenvalue weighted by atomic mass is 79.9. The Balaban J connectivity index is 2.31. The molecule has 1 aromatic rings. The van der Waals surface area contributed by atoms with Gasteiger partial charge in [-0.15, -0.1) is 0 Å². The highest BCUT2D eigenvalue weighted by molar-refractivity contribution is 9.10. The van der Waals surface area contributed by atoms with E-state index >= 15 is 0 Å². The summed E-state index contributed by atoms with van der Waals surface area (Å²) in [6.07, 6.45) is 2.10. The summed E-state index contributed by atoms with van der Waals surface area (Å²) in [4.78, 5) is 4.29. The van der Waals surface area contributed by atoms with Gasteiger partial charge in [0, 0.05) is 10.7 Å². The van der Waals surface area contributed by atoms with Crippen molar-refractivity contribution in [3.8, 4) is 0 Å². The van der Waals surface area contributed by atoms with Gasteiger partial charge >= 0.3 is 0 Å². The molecule has 0 N–H and O–H groups in total. The molecule has 1 aromatic heterocycles. The fourth-order valence-corrected chi connectivity index (χ4v) is 1.51. The molecule has 0 saturated carbocycles. The number of nitrogens with zero attached hydrogens (tertiary/aromatic N) is 1. The number of epoxide rings is 1. The van der Waals surface area contributed by atoms with Crippen LogP contribution in [0.2, 0.25) is 0 Å². The van der Waals surface area contributed by atoms with Crippen molar-refractivity contribution >= 4 is 15.9 Å². The Morgan fingerprint density at radius 3 is 2.67 bits per heavy atom. The van der Waals surface area contributed by atoms with Gasteiger partial charge in [-0.2, -0.15) is 0 Å². The lowest BCUT2D eigenvalue weighted by Crippen LogP contribution is -2.07. The molecule has 2 atom stereocenters. The molecule has 3 heteroatoms. The molecule has 1 saturated heterocycles. The van der Waals surface area contributed by atoms with Crippen molar-refractivity contribution in [3.63, 3.8) is 0 Å². The molecular formula is C9H10BrNO. The van der Waals surface area contributed by atoms with E-state index in [9.17, 15) is 0 Å². The zero-order valence-corrected chi connectivity index (χ0v) is 8.63. The Hall–Kier alpha value is -0.410. The number of halogens is 1. The van der Waals surface area contributed by atoms with Gasteiger partial charge in [-0.3, -0.25) is 4.98 Å². The zero-order valence-electron chi connectivity index (χ0n) is 7.04. The molecule has 0 radical (unpaired) electrons. The van der Waals surface area contributed by atoms with E-state index in [0.717, 1.165) is 10.2 Å². The minimum Gasteiger partial charge on any atom is -0.360 e. The predicted molar refractivity (Wildman–Crippen MR) is 49.8 cm³/mol. The van der Waals surface area contributed by atoms with Crippen LogP contribution in [0.5, 0.6) is 0 Å². The van der Waals surface area contributed by atoms with E-state index in [1.54, 1.807) is 6.20 Å². The minimum atomic E-state index is -0.138. The first-order valence-electron chi connectivity index (χ1n) is 3.93. The van der Waals surface area contributed by atoms with Gasteiger partial charge in [-0.05, 0) is 41.9 Å². The topological polar surface area (TPSA) is 25.4 Å². The molecule has 2 nitrogen and oxygen atoms in total. The van der Waals surface area contributed by atoms with Crippen LogP contribution >= 0.6 is 15.9 Å². The van der Waals surface area contributed by atoms with Gasteiger partial charge in [0.2, 0.25) is 0 Å². The maximum atomic E-state index is 5.45. The van der Waals surface area contributed by atoms with Crippen LogP contribution in [-0.2, 0) is 10.3 Å². The van der Waals surface area contributed by atoms with Crippen LogP contribution in [0.25, 0.3) is 0 Å². The summed E-state index contributed by atoms with van der Waals surface area (Å²) in [6.45, 7) is 4.12. The Kier molecular flexibility index (Phi) is 1.73. The molecule has 12 heavy (non-hydrogen) atoms. The quantitative estimate of drug-likeness (QED) is 0.690. The lowest BCUT2D eigenvalue weighted by molar-refractivity contribution is 0.311. The van der Waals surface area contributed by atoms with Crippen molar-refractivity contribution in [2.24, 2.45) is 0 Å². The molecule has 0 bridgehead atoms. The second-order valence-electron chi connectivity index (χ2n) is 3.23. The van der Waals surface area contributed by atoms with E-state index in [4.69, 9.17) is 4.74 Å². The van der Waals surface area contributed by atoms with Gasteiger partial charge in [0.15, 0.2) is 0 Å². The monoisotopic (exact) mass is 227 g/mol. The van der Waals surface area contributed by atoms with Gasteiger partial charge in [0.1, 0.15) is 5.60 Å². The number of pyridine rings is 1. The molecule has 2 unspecified atom stereocenters. The van der Waals surface area contributed by atoms with Crippen molar-refractivity contribution < 1.29 is 4.74 Å². The molecular weight excluding hydrogens is 218 g/mol. The molecule has 2 heterocycles. The van der Waals surface area contributed by atoms with Crippen LogP contribution in [-0.4, -0.2) is 11.1 Å². The fraction of sp³-hybridized carbons (Fsp3) is 0.444. The van der Waals surface area contributed by atoms with Crippen LogP contribution in [0.15, 0.2) is 22.8 Å². The molecule has 0 spiro atoms. The lowest BCUT2D eigenvalue weighted by Gasteiger charge is -2.03. The number of aromatic nitrogens is 1. The van der Waals surface area contributed by atoms with E-state index in [1.165, 1.54) is 0 Å². The fourth-order valence-electron chi connectivity index (χ4n) is 1.27. The maximum Gasteiger partial charge on any atom is 0.133 e. The van der Waals surface area contributed by atoms with Crippen molar-refractivity contribution in [1.29, 1.82) is 0 Å². The van der Waals surface area contributed by atoms with E-state index in [2.05, 4.69) is 34.8 Å². The highest BCUT2D eigenvalue weighted by Crippen LogP contribution is 2.44. The zero-order chi connectivity index (χ0) is 8.77. The van der Waals surface area contributed by atoms with Gasteiger partial charge < -0.3 is 4.74 Å². The summed E-state index contributed by atoms with van der Waals surface area (Å²) < 4.78 is 6.46. The normalized spacial score (nSPS) is 33.4. The first-order chi connectivity index (χ1) is 5.63. The molecule has 1 aliphatic rings. The van der Waals surface area contributed by atoms with Crippen LogP contribution in [0, 0.1) is 0 Å². The third kappa shape index (κ3) is 1.17. The Morgan fingerprint density at radius 2 is 2.25 bits per heavy atom. The molecule has 0 amide bonds. The summed E-state index contributed by atoms with van der Waals surface area (Å²) in [7, 11) is 0. The standard InChI is InChI=1S/C9H10BrNO/c1-6-9(2,12-6)8-4-3-7(10)5-11-8/h3-6H,1-2H3. The van der Waals surface area contributed by atoms with Crippen molar-refractivity contribution in [2.75, 3.05) is 0 Å². The van der Waals surface area contributed by atoms with Crippen LogP contribution < -0.4 is 0 Å². The first kappa shape index (κ1) is 8.20. The number of ether oxygens (including phenoxy) is 1. The highest BCUT2D eigenvalue weighted by Gasteiger charge is 2.51. The van der Waals surface area contributed by atoms with Crippen LogP contribution in [0.3, 0.4) is 0 Å². The number of rotatable bonds is 1. The van der Waals surface area contributed by atoms with E-state index in [1.807, 2.05) is 12.1 Å². The van der Waals surface area contributed by atoms with Gasteiger partial charge in [-0.25, -0.2) is 0 Å². The second kappa shape index (κ2) is 2.54. The van der Waals surface area contributed by atoms with Gasteiger partial charge in [0.25, 0.3) is 0 Å². The predicted octanol–water partition coefficient (Wildman–Crippen LogP) is 2.48. The molecule has 1 fully saturated rings. The third-order valence-electron chi connectivity index (χ3n) is 2.38. The van der Waals surface area contributed by atoms with E-state index in [-0.39, 0.29) is 5.60 Å². The minimum absolute atomic E-state index is 0.138. The Labute approximate surface area is 80.1 Å². The molecule has 0 aromatic carbocycles. The average molecular weight is 228 g/mol. The first-order valence-corrected chi connectivity index (χ1v) is 4.72. The van der Waals surface area contributed by atoms with Gasteiger partial charge in [0.05, 0.1) is 11.8 Å². The smallest absolute Gasteiger partial charge is 0.133 e. The van der Waals surface area contributed by atoms with Crippen LogP contribution in [0.4, 0.5) is 0 Å². The Bertz CT molecular complexity index is 298. The molecule has 64 valence electrons. The maximum absolute atomic E-state index is 5.45. The average Bonchev–Trinajstić information content (AvgIpc) is 2.62. The largest absolute Gasteiger partial charge is 0.360 e. The SMILES string of the molecule is CC1OC1(C)c1ccc(Br)cn1. The molecule has 0 aliphatic carbocycles. The van der Waals surface area contributed by atoms with E-state index < -0.39 is 0 Å². The van der Waals surface area contributed by atoms with Gasteiger partial charge in [-0.1, -0.05) is 0 Å². The number of hydrogen-bond acceptors (Lipinski definition) is 2. The van der Waals surface area contributed by atoms with E-state index in [0.29, 0.717) is 6.10 Å². The van der Waals surface area contributed by atoms with Crippen molar-refractivity contribution in [2.45, 2.75) is 25.6 Å². The summed E-state index contributed by atoms with van der Waals surface area (Å²) in [5.41, 5.74) is 0.874. The van der Waals surface area contributed by atoms with Crippen molar-refractivity contribution in [3.05, 3.63) is 28.5 Å². The molecule has 2 rings (SSSR count). The number of hydrogen-bond donors (Lipinski definition) is 0. The lowest BCUT2D eigenvalue weighted by atomic mass is 10.0. The molecule has 1 aliphatic heterocycles. The van der Waals surface area contributed by atoms with Crippen molar-refractivity contribution in [1.82, 2.24) is 4.98 Å². The summed E-state index contributed by atoms with van der Waals surface area (Å²) in [5, 5.41) is 0. The second-order valence-corrected chi connectivity index (χ2v) is 4.14. The summed E-state index contributed by atoms with van der Waals surface area (Å²) >= 11 is 3.34. The Morgan fingerprint density at radius 1 is 1.58 bits per heavy atom. The summed E-state index contributed by atoms with van der Waals surface area (Å²) in [6, 6.07) is 3.98.